The highest BCUT2D eigenvalue weighted by atomic mass is 32.1. The zero-order valence-corrected chi connectivity index (χ0v) is 11.6. The maximum Gasteiger partial charge on any atom is 0.416 e. The molecule has 21 heavy (non-hydrogen) atoms. The minimum absolute atomic E-state index is 0.00261. The number of benzene rings is 1. The van der Waals surface area contributed by atoms with Gasteiger partial charge in [-0.25, -0.2) is 4.39 Å². The van der Waals surface area contributed by atoms with Gasteiger partial charge >= 0.3 is 6.18 Å². The van der Waals surface area contributed by atoms with E-state index in [0.29, 0.717) is 23.1 Å². The summed E-state index contributed by atoms with van der Waals surface area (Å²) in [5, 5.41) is 12.0. The lowest BCUT2D eigenvalue weighted by molar-refractivity contribution is -0.137. The van der Waals surface area contributed by atoms with Crippen LogP contribution in [-0.2, 0) is 6.18 Å². The molecule has 2 nitrogen and oxygen atoms in total. The number of hydrogen-bond donors (Lipinski definition) is 2. The first kappa shape index (κ1) is 15.9. The van der Waals surface area contributed by atoms with E-state index < -0.39 is 35.1 Å². The van der Waals surface area contributed by atoms with E-state index in [1.54, 1.807) is 17.5 Å². The second-order valence-corrected chi connectivity index (χ2v) is 5.52. The van der Waals surface area contributed by atoms with Crippen LogP contribution in [-0.4, -0.2) is 11.7 Å². The van der Waals surface area contributed by atoms with E-state index in [9.17, 15) is 22.7 Å². The summed E-state index contributed by atoms with van der Waals surface area (Å²) in [5.74, 6) is -1.53. The smallest absolute Gasteiger partial charge is 0.388 e. The molecule has 1 aromatic carbocycles. The van der Waals surface area contributed by atoms with Gasteiger partial charge in [-0.15, -0.1) is 11.3 Å². The highest BCUT2D eigenvalue weighted by Gasteiger charge is 2.33. The van der Waals surface area contributed by atoms with Crippen LogP contribution in [0.5, 0.6) is 0 Å². The summed E-state index contributed by atoms with van der Waals surface area (Å²) in [6.45, 7) is -0.00261. The third-order valence-electron chi connectivity index (χ3n) is 3.19. The quantitative estimate of drug-likeness (QED) is 0.845. The van der Waals surface area contributed by atoms with Gasteiger partial charge in [-0.2, -0.15) is 13.2 Å². The van der Waals surface area contributed by atoms with E-state index in [-0.39, 0.29) is 6.54 Å². The van der Waals surface area contributed by atoms with E-state index in [2.05, 4.69) is 0 Å². The molecule has 0 spiro atoms. The van der Waals surface area contributed by atoms with Crippen molar-refractivity contribution in [3.8, 4) is 0 Å². The second kappa shape index (κ2) is 6.13. The minimum atomic E-state index is -4.59. The molecule has 1 aromatic heterocycles. The predicted octanol–water partition coefficient (Wildman–Crippen LogP) is 3.68. The van der Waals surface area contributed by atoms with Gasteiger partial charge in [0.2, 0.25) is 0 Å². The lowest BCUT2D eigenvalue weighted by Gasteiger charge is -2.22. The van der Waals surface area contributed by atoms with Gasteiger partial charge in [0, 0.05) is 22.9 Å². The minimum Gasteiger partial charge on any atom is -0.388 e. The average Bonchev–Trinajstić information content (AvgIpc) is 2.92. The van der Waals surface area contributed by atoms with Gasteiger partial charge < -0.3 is 10.8 Å². The zero-order chi connectivity index (χ0) is 15.6. The maximum absolute atomic E-state index is 13.8. The van der Waals surface area contributed by atoms with Crippen molar-refractivity contribution < 1.29 is 22.7 Å². The Morgan fingerprint density at radius 3 is 2.48 bits per heavy atom. The fourth-order valence-electron chi connectivity index (χ4n) is 2.07. The standard InChI is InChI=1S/C14H13F4NOS/c15-11-4-3-8(14(16,17)18)6-9(11)13(20)10(7-19)12-2-1-5-21-12/h1-6,10,13,20H,7,19H2. The molecule has 0 aliphatic heterocycles. The molecule has 0 bridgehead atoms. The Morgan fingerprint density at radius 2 is 1.95 bits per heavy atom. The van der Waals surface area contributed by atoms with Gasteiger partial charge in [-0.1, -0.05) is 6.07 Å². The Bertz CT molecular complexity index is 598. The summed E-state index contributed by atoms with van der Waals surface area (Å²) in [6, 6.07) is 5.43. The van der Waals surface area contributed by atoms with Gasteiger partial charge in [0.1, 0.15) is 5.82 Å². The summed E-state index contributed by atoms with van der Waals surface area (Å²) in [5.41, 5.74) is 4.18. The third kappa shape index (κ3) is 3.42. The van der Waals surface area contributed by atoms with Crippen molar-refractivity contribution in [3.63, 3.8) is 0 Å². The largest absolute Gasteiger partial charge is 0.416 e. The van der Waals surface area contributed by atoms with Crippen molar-refractivity contribution in [1.82, 2.24) is 0 Å². The monoisotopic (exact) mass is 319 g/mol. The molecule has 114 valence electrons. The Morgan fingerprint density at radius 1 is 1.24 bits per heavy atom. The number of rotatable bonds is 4. The molecule has 0 amide bonds. The molecule has 3 N–H and O–H groups in total. The lowest BCUT2D eigenvalue weighted by Crippen LogP contribution is -2.20. The summed E-state index contributed by atoms with van der Waals surface area (Å²) in [7, 11) is 0. The SMILES string of the molecule is NCC(c1cccs1)C(O)c1cc(C(F)(F)F)ccc1F. The molecule has 2 rings (SSSR count). The van der Waals surface area contributed by atoms with E-state index >= 15 is 0 Å². The predicted molar refractivity (Wildman–Crippen MR) is 72.5 cm³/mol. The van der Waals surface area contributed by atoms with Gasteiger partial charge in [-0.05, 0) is 29.6 Å². The van der Waals surface area contributed by atoms with Crippen LogP contribution in [0.25, 0.3) is 0 Å². The molecule has 0 saturated carbocycles. The Kier molecular flexibility index (Phi) is 4.65. The summed E-state index contributed by atoms with van der Waals surface area (Å²) in [6.07, 6.45) is -6.03. The number of aliphatic hydroxyl groups excluding tert-OH is 1. The molecule has 7 heteroatoms. The molecule has 0 fully saturated rings. The van der Waals surface area contributed by atoms with Crippen LogP contribution >= 0.6 is 11.3 Å². The van der Waals surface area contributed by atoms with Crippen molar-refractivity contribution in [1.29, 1.82) is 0 Å². The maximum atomic E-state index is 13.8. The molecule has 1 heterocycles. The van der Waals surface area contributed by atoms with E-state index in [4.69, 9.17) is 5.73 Å². The van der Waals surface area contributed by atoms with E-state index in [0.717, 1.165) is 0 Å². The molecular formula is C14H13F4NOS. The topological polar surface area (TPSA) is 46.2 Å². The van der Waals surface area contributed by atoms with Crippen molar-refractivity contribution in [2.75, 3.05) is 6.54 Å². The van der Waals surface area contributed by atoms with E-state index in [1.165, 1.54) is 11.3 Å². The van der Waals surface area contributed by atoms with Crippen LogP contribution in [0.4, 0.5) is 17.6 Å². The fraction of sp³-hybridized carbons (Fsp3) is 0.286. The molecule has 0 radical (unpaired) electrons. The van der Waals surface area contributed by atoms with Crippen LogP contribution in [0.2, 0.25) is 0 Å². The van der Waals surface area contributed by atoms with Crippen LogP contribution < -0.4 is 5.73 Å². The summed E-state index contributed by atoms with van der Waals surface area (Å²) < 4.78 is 51.9. The highest BCUT2D eigenvalue weighted by molar-refractivity contribution is 7.10. The zero-order valence-electron chi connectivity index (χ0n) is 10.8. The van der Waals surface area contributed by atoms with Crippen LogP contribution in [0.3, 0.4) is 0 Å². The van der Waals surface area contributed by atoms with Crippen LogP contribution in [0.1, 0.15) is 28.0 Å². The van der Waals surface area contributed by atoms with Gasteiger partial charge in [0.05, 0.1) is 11.7 Å². The van der Waals surface area contributed by atoms with Crippen molar-refractivity contribution in [2.45, 2.75) is 18.2 Å². The number of thiophene rings is 1. The first-order valence-corrected chi connectivity index (χ1v) is 7.00. The summed E-state index contributed by atoms with van der Waals surface area (Å²) >= 11 is 1.31. The molecule has 0 saturated heterocycles. The number of hydrogen-bond acceptors (Lipinski definition) is 3. The third-order valence-corrected chi connectivity index (χ3v) is 4.19. The fourth-order valence-corrected chi connectivity index (χ4v) is 2.94. The highest BCUT2D eigenvalue weighted by Crippen LogP contribution is 2.37. The Balaban J connectivity index is 2.40. The van der Waals surface area contributed by atoms with E-state index in [1.807, 2.05) is 0 Å². The molecular weight excluding hydrogens is 306 g/mol. The first-order valence-electron chi connectivity index (χ1n) is 6.12. The molecule has 0 aliphatic carbocycles. The lowest BCUT2D eigenvalue weighted by atomic mass is 9.93. The molecule has 2 atom stereocenters. The summed E-state index contributed by atoms with van der Waals surface area (Å²) in [4.78, 5) is 0.696. The number of nitrogens with two attached hydrogens (primary N) is 1. The first-order chi connectivity index (χ1) is 9.84. The Labute approximate surface area is 122 Å². The van der Waals surface area contributed by atoms with Crippen LogP contribution in [0, 0.1) is 5.82 Å². The average molecular weight is 319 g/mol. The second-order valence-electron chi connectivity index (χ2n) is 4.54. The number of halogens is 4. The van der Waals surface area contributed by atoms with Gasteiger partial charge in [-0.3, -0.25) is 0 Å². The normalized spacial score (nSPS) is 15.0. The Hall–Kier alpha value is -1.44. The van der Waals surface area contributed by atoms with Crippen molar-refractivity contribution in [2.24, 2.45) is 5.73 Å². The molecule has 2 aromatic rings. The number of aliphatic hydroxyl groups is 1. The van der Waals surface area contributed by atoms with Crippen LogP contribution in [0.15, 0.2) is 35.7 Å². The van der Waals surface area contributed by atoms with Crippen molar-refractivity contribution >= 4 is 11.3 Å². The van der Waals surface area contributed by atoms with Crippen molar-refractivity contribution in [3.05, 3.63) is 57.5 Å². The number of alkyl halides is 3. The molecule has 2 unspecified atom stereocenters. The molecule has 0 aliphatic rings. The van der Waals surface area contributed by atoms with Gasteiger partial charge in [0.15, 0.2) is 0 Å². The van der Waals surface area contributed by atoms with Gasteiger partial charge in [0.25, 0.3) is 0 Å².